The highest BCUT2D eigenvalue weighted by atomic mass is 32.1. The second kappa shape index (κ2) is 11.6. The van der Waals surface area contributed by atoms with E-state index in [9.17, 15) is 36.2 Å². The molecule has 4 heterocycles. The van der Waals surface area contributed by atoms with Crippen molar-refractivity contribution in [2.24, 2.45) is 7.05 Å². The molecule has 0 fully saturated rings. The van der Waals surface area contributed by atoms with Gasteiger partial charge in [0.2, 0.25) is 0 Å². The Bertz CT molecular complexity index is 1700. The summed E-state index contributed by atoms with van der Waals surface area (Å²) in [6.07, 6.45) is -8.92. The quantitative estimate of drug-likeness (QED) is 0.224. The number of carboxylic acid groups (broad SMARTS) is 1. The average molecular weight is 653 g/mol. The highest BCUT2D eigenvalue weighted by Crippen LogP contribution is 2.43. The van der Waals surface area contributed by atoms with Gasteiger partial charge in [0.05, 0.1) is 44.0 Å². The van der Waals surface area contributed by atoms with Crippen molar-refractivity contribution in [1.29, 1.82) is 0 Å². The number of carbonyl (C=O) groups is 1. The van der Waals surface area contributed by atoms with E-state index in [4.69, 9.17) is 4.74 Å². The zero-order valence-electron chi connectivity index (χ0n) is 23.7. The molecule has 0 radical (unpaired) electrons. The number of benzene rings is 2. The summed E-state index contributed by atoms with van der Waals surface area (Å²) in [5.41, 5.74) is 0.459. The Morgan fingerprint density at radius 3 is 2.33 bits per heavy atom. The lowest BCUT2D eigenvalue weighted by molar-refractivity contribution is -0.143. The van der Waals surface area contributed by atoms with Crippen LogP contribution in [-0.4, -0.2) is 37.8 Å². The lowest BCUT2D eigenvalue weighted by atomic mass is 9.95. The van der Waals surface area contributed by atoms with Gasteiger partial charge in [-0.05, 0) is 82.8 Å². The molecule has 0 aliphatic carbocycles. The summed E-state index contributed by atoms with van der Waals surface area (Å²) in [5, 5.41) is 21.7. The minimum atomic E-state index is -5.00. The molecular weight excluding hydrogens is 626 g/mol. The van der Waals surface area contributed by atoms with Crippen LogP contribution in [0.25, 0.3) is 0 Å². The number of halogens is 6. The number of fused-ring (bicyclic) bond motifs is 2. The molecule has 0 spiro atoms. The number of anilines is 2. The van der Waals surface area contributed by atoms with Crippen LogP contribution in [0.15, 0.2) is 42.5 Å². The largest absolute Gasteiger partial charge is 0.477 e. The van der Waals surface area contributed by atoms with Crippen molar-refractivity contribution >= 4 is 28.9 Å². The predicted molar refractivity (Wildman–Crippen MR) is 151 cm³/mol. The second-order valence-corrected chi connectivity index (χ2v) is 12.1. The van der Waals surface area contributed by atoms with Gasteiger partial charge in [-0.15, -0.1) is 16.4 Å². The summed E-state index contributed by atoms with van der Waals surface area (Å²) in [7, 11) is 1.51. The number of aryl methyl sites for hydroxylation is 1. The Labute approximate surface area is 256 Å². The molecule has 9 nitrogen and oxygen atoms in total. The molecule has 0 saturated heterocycles. The summed E-state index contributed by atoms with van der Waals surface area (Å²) in [5.74, 6) is -0.970. The molecule has 4 aromatic rings. The number of nitrogens with zero attached hydrogens (tertiary/aromatic N) is 6. The van der Waals surface area contributed by atoms with E-state index in [2.05, 4.69) is 20.3 Å². The molecule has 0 saturated carbocycles. The van der Waals surface area contributed by atoms with Crippen LogP contribution in [0.1, 0.15) is 66.8 Å². The van der Waals surface area contributed by atoms with Crippen molar-refractivity contribution in [3.05, 3.63) is 85.6 Å². The third kappa shape index (κ3) is 6.47. The Balaban J connectivity index is 1.45. The first kappa shape index (κ1) is 30.8. The van der Waals surface area contributed by atoms with E-state index in [1.54, 1.807) is 17.0 Å². The topological polar surface area (TPSA) is 96.6 Å². The Kier molecular flexibility index (Phi) is 7.97. The fourth-order valence-corrected chi connectivity index (χ4v) is 6.66. The fourth-order valence-electron chi connectivity index (χ4n) is 5.80. The zero-order chi connectivity index (χ0) is 32.1. The molecule has 1 unspecified atom stereocenters. The van der Waals surface area contributed by atoms with Crippen molar-refractivity contribution in [3.8, 4) is 0 Å². The number of rotatable bonds is 7. The summed E-state index contributed by atoms with van der Waals surface area (Å²) < 4.78 is 88.1. The van der Waals surface area contributed by atoms with Gasteiger partial charge in [0, 0.05) is 23.7 Å². The van der Waals surface area contributed by atoms with Gasteiger partial charge in [-0.3, -0.25) is 0 Å². The van der Waals surface area contributed by atoms with Gasteiger partial charge in [0.1, 0.15) is 4.88 Å². The first-order valence-corrected chi connectivity index (χ1v) is 14.7. The number of thiophene rings is 1. The van der Waals surface area contributed by atoms with Gasteiger partial charge in [0.25, 0.3) is 5.95 Å². The maximum Gasteiger partial charge on any atom is 0.416 e. The normalized spacial score (nSPS) is 16.8. The Hall–Kier alpha value is -4.18. The summed E-state index contributed by atoms with van der Waals surface area (Å²) in [6, 6.07) is 8.26. The molecule has 2 aliphatic heterocycles. The second-order valence-electron chi connectivity index (χ2n) is 10.9. The molecule has 0 amide bonds. The van der Waals surface area contributed by atoms with E-state index in [-0.39, 0.29) is 29.0 Å². The van der Waals surface area contributed by atoms with Crippen molar-refractivity contribution in [2.75, 3.05) is 16.3 Å². The number of aromatic carboxylic acids is 1. The van der Waals surface area contributed by atoms with Gasteiger partial charge >= 0.3 is 18.3 Å². The van der Waals surface area contributed by atoms with Crippen molar-refractivity contribution in [2.45, 2.75) is 57.5 Å². The molecule has 2 aromatic heterocycles. The number of hydrogen-bond donors (Lipinski definition) is 1. The van der Waals surface area contributed by atoms with E-state index < -0.39 is 35.5 Å². The third-order valence-corrected chi connectivity index (χ3v) is 8.88. The van der Waals surface area contributed by atoms with Crippen LogP contribution < -0.4 is 9.80 Å². The van der Waals surface area contributed by atoms with Crippen molar-refractivity contribution in [1.82, 2.24) is 20.2 Å². The predicted octanol–water partition coefficient (Wildman–Crippen LogP) is 6.59. The van der Waals surface area contributed by atoms with Crippen LogP contribution in [0.4, 0.5) is 38.0 Å². The average Bonchev–Trinajstić information content (AvgIpc) is 3.71. The van der Waals surface area contributed by atoms with Crippen LogP contribution in [0, 0.1) is 0 Å². The van der Waals surface area contributed by atoms with Crippen LogP contribution in [0.5, 0.6) is 0 Å². The lowest BCUT2D eigenvalue weighted by Gasteiger charge is -2.33. The summed E-state index contributed by atoms with van der Waals surface area (Å²) >= 11 is 1.17. The molecule has 2 aromatic carbocycles. The number of carboxylic acids is 1. The minimum absolute atomic E-state index is 0.0500. The van der Waals surface area contributed by atoms with Gasteiger partial charge in [-0.2, -0.15) is 31.1 Å². The van der Waals surface area contributed by atoms with E-state index in [1.807, 2.05) is 12.1 Å². The van der Waals surface area contributed by atoms with Crippen LogP contribution in [0.2, 0.25) is 0 Å². The number of hydrogen-bond acceptors (Lipinski definition) is 8. The third-order valence-electron chi connectivity index (χ3n) is 7.82. The summed E-state index contributed by atoms with van der Waals surface area (Å²) in [6.45, 7) is 1.36. The first-order chi connectivity index (χ1) is 21.3. The molecule has 16 heteroatoms. The van der Waals surface area contributed by atoms with E-state index >= 15 is 0 Å². The SMILES string of the molecule is Cn1nnc(N(Cc2cc(C(F)(F)F)cc(C(F)(F)F)c2)C2CCCN(Cc3ccc(C(=O)O)s3)c3cc4c(cc32)COC4)n1. The zero-order valence-corrected chi connectivity index (χ0v) is 24.5. The van der Waals surface area contributed by atoms with Crippen LogP contribution in [-0.2, 0) is 50.4 Å². The highest BCUT2D eigenvalue weighted by Gasteiger charge is 2.38. The monoisotopic (exact) mass is 652 g/mol. The molecule has 1 atom stereocenters. The number of tetrazole rings is 1. The van der Waals surface area contributed by atoms with Crippen LogP contribution in [0.3, 0.4) is 0 Å². The molecule has 1 N–H and O–H groups in total. The minimum Gasteiger partial charge on any atom is -0.477 e. The number of ether oxygens (including phenoxy) is 1. The number of alkyl halides is 6. The molecule has 238 valence electrons. The molecule has 45 heavy (non-hydrogen) atoms. The van der Waals surface area contributed by atoms with Crippen LogP contribution >= 0.6 is 11.3 Å². The number of aromatic nitrogens is 4. The smallest absolute Gasteiger partial charge is 0.416 e. The standard InChI is InChI=1S/C29H26F6N6O3S/c1-39-37-27(36-38-39)41(12-16-7-19(28(30,31)32)11-20(8-16)29(33,34)35)23-3-2-6-40(13-21-4-5-25(45-21)26(42)43)24-10-18-15-44-14-17(18)9-22(23)24/h4-5,7-11,23H,2-3,6,12-15H2,1H3,(H,42,43). The molecular formula is C29H26F6N6O3S. The Morgan fingerprint density at radius 1 is 1.04 bits per heavy atom. The molecule has 2 aliphatic rings. The van der Waals surface area contributed by atoms with E-state index in [0.717, 1.165) is 39.4 Å². The fraction of sp³-hybridized carbons (Fsp3) is 0.379. The lowest BCUT2D eigenvalue weighted by Crippen LogP contribution is -2.30. The van der Waals surface area contributed by atoms with E-state index in [1.165, 1.54) is 23.2 Å². The van der Waals surface area contributed by atoms with Crippen molar-refractivity contribution < 1.29 is 41.0 Å². The van der Waals surface area contributed by atoms with Gasteiger partial charge in [0.15, 0.2) is 0 Å². The van der Waals surface area contributed by atoms with Gasteiger partial charge < -0.3 is 19.6 Å². The van der Waals surface area contributed by atoms with Gasteiger partial charge in [-0.25, -0.2) is 4.79 Å². The summed E-state index contributed by atoms with van der Waals surface area (Å²) in [4.78, 5) is 17.4. The maximum atomic E-state index is 13.7. The molecule has 6 rings (SSSR count). The first-order valence-electron chi connectivity index (χ1n) is 13.9. The van der Waals surface area contributed by atoms with E-state index in [0.29, 0.717) is 39.1 Å². The van der Waals surface area contributed by atoms with Gasteiger partial charge in [-0.1, -0.05) is 5.10 Å². The van der Waals surface area contributed by atoms with Crippen molar-refractivity contribution in [3.63, 3.8) is 0 Å². The Morgan fingerprint density at radius 2 is 1.73 bits per heavy atom. The molecule has 0 bridgehead atoms. The highest BCUT2D eigenvalue weighted by molar-refractivity contribution is 7.13. The maximum absolute atomic E-state index is 13.7.